The van der Waals surface area contributed by atoms with Crippen molar-refractivity contribution in [3.63, 3.8) is 0 Å². The van der Waals surface area contributed by atoms with Crippen molar-refractivity contribution < 1.29 is 14.5 Å². The van der Waals surface area contributed by atoms with Crippen molar-refractivity contribution in [3.05, 3.63) is 28.3 Å². The summed E-state index contributed by atoms with van der Waals surface area (Å²) in [5.74, 6) is -0.0855. The van der Waals surface area contributed by atoms with E-state index < -0.39 is 16.9 Å². The minimum Gasteiger partial charge on any atom is -0.496 e. The minimum atomic E-state index is -0.674. The second-order valence-electron chi connectivity index (χ2n) is 4.02. The average Bonchev–Trinajstić information content (AvgIpc) is 2.39. The molecule has 1 atom stereocenters. The maximum Gasteiger partial charge on any atom is 0.296 e. The van der Waals surface area contributed by atoms with Gasteiger partial charge in [0.2, 0.25) is 5.91 Å². The maximum absolute atomic E-state index is 11.7. The molecule has 0 aromatic heterocycles. The van der Waals surface area contributed by atoms with Crippen LogP contribution in [-0.4, -0.2) is 24.0 Å². The van der Waals surface area contributed by atoms with Crippen molar-refractivity contribution in [3.8, 4) is 5.75 Å². The quantitative estimate of drug-likeness (QED) is 0.602. The summed E-state index contributed by atoms with van der Waals surface area (Å²) >= 11 is 0. The van der Waals surface area contributed by atoms with Gasteiger partial charge in [-0.25, -0.2) is 0 Å². The van der Waals surface area contributed by atoms with Crippen LogP contribution in [0.4, 0.5) is 11.4 Å². The number of benzene rings is 1. The van der Waals surface area contributed by atoms with Crippen molar-refractivity contribution in [1.29, 1.82) is 0 Å². The molecule has 0 bridgehead atoms. The highest BCUT2D eigenvalue weighted by molar-refractivity contribution is 5.96. The van der Waals surface area contributed by atoms with E-state index in [0.717, 1.165) is 6.42 Å². The minimum absolute atomic E-state index is 0.113. The Morgan fingerprint density at radius 3 is 2.79 bits per heavy atom. The molecule has 0 aliphatic carbocycles. The van der Waals surface area contributed by atoms with E-state index in [2.05, 4.69) is 5.32 Å². The summed E-state index contributed by atoms with van der Waals surface area (Å²) < 4.78 is 4.91. The predicted octanol–water partition coefficient (Wildman–Crippen LogP) is 1.67. The second kappa shape index (κ2) is 6.69. The monoisotopic (exact) mass is 267 g/mol. The normalized spacial score (nSPS) is 11.7. The molecular weight excluding hydrogens is 250 g/mol. The highest BCUT2D eigenvalue weighted by Crippen LogP contribution is 2.29. The van der Waals surface area contributed by atoms with E-state index in [1.54, 1.807) is 0 Å². The van der Waals surface area contributed by atoms with Crippen molar-refractivity contribution in [2.24, 2.45) is 5.73 Å². The number of carbonyl (C=O) groups excluding carboxylic acids is 1. The SMILES string of the molecule is CCC[C@@H](N)C(=O)Nc1ccc(OC)cc1[N+](=O)[O-]. The molecule has 0 saturated carbocycles. The fourth-order valence-electron chi connectivity index (χ4n) is 1.56. The molecule has 1 rings (SSSR count). The standard InChI is InChI=1S/C12H17N3O4/c1-3-4-9(13)12(16)14-10-6-5-8(19-2)7-11(10)15(17)18/h5-7,9H,3-4,13H2,1-2H3,(H,14,16)/t9-/m1/s1. The number of anilines is 1. The number of nitro benzene ring substituents is 1. The molecule has 19 heavy (non-hydrogen) atoms. The third-order valence-electron chi connectivity index (χ3n) is 2.60. The number of amides is 1. The summed E-state index contributed by atoms with van der Waals surface area (Å²) in [5.41, 5.74) is 5.54. The van der Waals surface area contributed by atoms with Crippen molar-refractivity contribution >= 4 is 17.3 Å². The summed E-state index contributed by atoms with van der Waals surface area (Å²) in [6.07, 6.45) is 1.29. The lowest BCUT2D eigenvalue weighted by atomic mass is 10.1. The summed E-state index contributed by atoms with van der Waals surface area (Å²) in [7, 11) is 1.41. The number of ether oxygens (including phenoxy) is 1. The lowest BCUT2D eigenvalue weighted by Crippen LogP contribution is -2.35. The van der Waals surface area contributed by atoms with Gasteiger partial charge in [-0.2, -0.15) is 0 Å². The number of rotatable bonds is 6. The van der Waals surface area contributed by atoms with E-state index in [4.69, 9.17) is 10.5 Å². The number of hydrogen-bond acceptors (Lipinski definition) is 5. The molecule has 1 aromatic carbocycles. The molecule has 0 radical (unpaired) electrons. The molecule has 0 heterocycles. The lowest BCUT2D eigenvalue weighted by Gasteiger charge is -2.11. The van der Waals surface area contributed by atoms with Gasteiger partial charge in [-0.05, 0) is 18.6 Å². The summed E-state index contributed by atoms with van der Waals surface area (Å²) in [4.78, 5) is 22.1. The maximum atomic E-state index is 11.7. The number of hydrogen-bond donors (Lipinski definition) is 2. The smallest absolute Gasteiger partial charge is 0.296 e. The van der Waals surface area contributed by atoms with Crippen molar-refractivity contribution in [2.75, 3.05) is 12.4 Å². The fraction of sp³-hybridized carbons (Fsp3) is 0.417. The van der Waals surface area contributed by atoms with Gasteiger partial charge in [-0.3, -0.25) is 14.9 Å². The van der Waals surface area contributed by atoms with Crippen LogP contribution in [-0.2, 0) is 4.79 Å². The third kappa shape index (κ3) is 3.92. The molecule has 104 valence electrons. The lowest BCUT2D eigenvalue weighted by molar-refractivity contribution is -0.384. The van der Waals surface area contributed by atoms with Gasteiger partial charge in [0.25, 0.3) is 5.69 Å². The first-order valence-corrected chi connectivity index (χ1v) is 5.88. The van der Waals surface area contributed by atoms with Gasteiger partial charge in [0.1, 0.15) is 11.4 Å². The molecule has 0 spiro atoms. The molecule has 0 aliphatic rings. The molecule has 0 unspecified atom stereocenters. The highest BCUT2D eigenvalue weighted by Gasteiger charge is 2.19. The first kappa shape index (κ1) is 14.9. The van der Waals surface area contributed by atoms with Crippen LogP contribution < -0.4 is 15.8 Å². The Balaban J connectivity index is 2.94. The summed E-state index contributed by atoms with van der Waals surface area (Å²) in [6, 6.07) is 3.54. The van der Waals surface area contributed by atoms with Crippen molar-refractivity contribution in [1.82, 2.24) is 0 Å². The van der Waals surface area contributed by atoms with Gasteiger partial charge in [0.15, 0.2) is 0 Å². The van der Waals surface area contributed by atoms with Crippen LogP contribution in [0, 0.1) is 10.1 Å². The van der Waals surface area contributed by atoms with Gasteiger partial charge in [0.05, 0.1) is 24.1 Å². The number of nitro groups is 1. The van der Waals surface area contributed by atoms with Gasteiger partial charge in [-0.1, -0.05) is 13.3 Å². The molecule has 7 nitrogen and oxygen atoms in total. The Labute approximate surface area is 110 Å². The topological polar surface area (TPSA) is 107 Å². The fourth-order valence-corrected chi connectivity index (χ4v) is 1.56. The second-order valence-corrected chi connectivity index (χ2v) is 4.02. The Kier molecular flexibility index (Phi) is 5.25. The molecule has 0 aliphatic heterocycles. The Hall–Kier alpha value is -2.15. The third-order valence-corrected chi connectivity index (χ3v) is 2.60. The summed E-state index contributed by atoms with van der Waals surface area (Å²) in [6.45, 7) is 1.91. The average molecular weight is 267 g/mol. The zero-order valence-electron chi connectivity index (χ0n) is 10.9. The number of nitrogens with one attached hydrogen (secondary N) is 1. The van der Waals surface area contributed by atoms with Crippen LogP contribution in [0.2, 0.25) is 0 Å². The molecule has 1 aromatic rings. The number of nitrogens with two attached hydrogens (primary N) is 1. The Bertz CT molecular complexity index is 476. The van der Waals surface area contributed by atoms with E-state index in [9.17, 15) is 14.9 Å². The van der Waals surface area contributed by atoms with Crippen LogP contribution in [0.15, 0.2) is 18.2 Å². The van der Waals surface area contributed by atoms with Crippen LogP contribution in [0.5, 0.6) is 5.75 Å². The van der Waals surface area contributed by atoms with Crippen LogP contribution in [0.1, 0.15) is 19.8 Å². The molecule has 7 heteroatoms. The molecule has 0 fully saturated rings. The highest BCUT2D eigenvalue weighted by atomic mass is 16.6. The Morgan fingerprint density at radius 2 is 2.26 bits per heavy atom. The van der Waals surface area contributed by atoms with Gasteiger partial charge >= 0.3 is 0 Å². The predicted molar refractivity (Wildman–Crippen MR) is 71.2 cm³/mol. The zero-order valence-corrected chi connectivity index (χ0v) is 10.9. The number of nitrogens with zero attached hydrogens (tertiary/aromatic N) is 1. The van der Waals surface area contributed by atoms with Crippen LogP contribution >= 0.6 is 0 Å². The first-order chi connectivity index (χ1) is 8.99. The molecule has 1 amide bonds. The van der Waals surface area contributed by atoms with Crippen LogP contribution in [0.25, 0.3) is 0 Å². The van der Waals surface area contributed by atoms with Crippen LogP contribution in [0.3, 0.4) is 0 Å². The zero-order chi connectivity index (χ0) is 14.4. The number of methoxy groups -OCH3 is 1. The van der Waals surface area contributed by atoms with E-state index in [-0.39, 0.29) is 11.4 Å². The first-order valence-electron chi connectivity index (χ1n) is 5.88. The summed E-state index contributed by atoms with van der Waals surface area (Å²) in [5, 5.41) is 13.4. The van der Waals surface area contributed by atoms with Gasteiger partial charge < -0.3 is 15.8 Å². The Morgan fingerprint density at radius 1 is 1.58 bits per heavy atom. The van der Waals surface area contributed by atoms with Gasteiger partial charge in [-0.15, -0.1) is 0 Å². The van der Waals surface area contributed by atoms with E-state index in [1.807, 2.05) is 6.92 Å². The van der Waals surface area contributed by atoms with E-state index in [1.165, 1.54) is 25.3 Å². The largest absolute Gasteiger partial charge is 0.496 e. The van der Waals surface area contributed by atoms with E-state index >= 15 is 0 Å². The molecule has 0 saturated heterocycles. The number of carbonyl (C=O) groups is 1. The van der Waals surface area contributed by atoms with E-state index in [0.29, 0.717) is 12.2 Å². The van der Waals surface area contributed by atoms with Gasteiger partial charge in [0, 0.05) is 0 Å². The molecular formula is C12H17N3O4. The molecule has 3 N–H and O–H groups in total. The van der Waals surface area contributed by atoms with Crippen molar-refractivity contribution in [2.45, 2.75) is 25.8 Å².